The van der Waals surface area contributed by atoms with Crippen molar-refractivity contribution in [3.05, 3.63) is 4.60 Å². The SMILES string of the molecule is C#CC(C)(C)NS(=O)(=O)c1c(Br)nnn1C. The van der Waals surface area contributed by atoms with E-state index < -0.39 is 15.6 Å². The third-order valence-corrected chi connectivity index (χ3v) is 4.28. The summed E-state index contributed by atoms with van der Waals surface area (Å²) in [7, 11) is -2.27. The van der Waals surface area contributed by atoms with Gasteiger partial charge in [0.05, 0.1) is 5.54 Å². The molecule has 1 rings (SSSR count). The Bertz CT molecular complexity index is 521. The van der Waals surface area contributed by atoms with E-state index in [-0.39, 0.29) is 9.63 Å². The summed E-state index contributed by atoms with van der Waals surface area (Å²) in [5.41, 5.74) is -0.970. The van der Waals surface area contributed by atoms with Gasteiger partial charge in [0, 0.05) is 7.05 Å². The fourth-order valence-corrected chi connectivity index (χ4v) is 3.46. The lowest BCUT2D eigenvalue weighted by Gasteiger charge is -2.19. The molecule has 0 saturated heterocycles. The van der Waals surface area contributed by atoms with Crippen molar-refractivity contribution in [3.63, 3.8) is 0 Å². The normalized spacial score (nSPS) is 12.4. The van der Waals surface area contributed by atoms with Crippen molar-refractivity contribution in [1.82, 2.24) is 19.7 Å². The van der Waals surface area contributed by atoms with Crippen LogP contribution in [0.5, 0.6) is 0 Å². The van der Waals surface area contributed by atoms with E-state index in [1.807, 2.05) is 0 Å². The minimum atomic E-state index is -3.75. The van der Waals surface area contributed by atoms with Crippen LogP contribution in [0.3, 0.4) is 0 Å². The van der Waals surface area contributed by atoms with E-state index in [2.05, 4.69) is 36.9 Å². The van der Waals surface area contributed by atoms with Crippen molar-refractivity contribution in [2.45, 2.75) is 24.4 Å². The van der Waals surface area contributed by atoms with Crippen molar-refractivity contribution >= 4 is 26.0 Å². The Kier molecular flexibility index (Phi) is 3.42. The molecular weight excluding hydrogens is 296 g/mol. The zero-order valence-electron chi connectivity index (χ0n) is 9.02. The van der Waals surface area contributed by atoms with Gasteiger partial charge in [0.1, 0.15) is 0 Å². The summed E-state index contributed by atoms with van der Waals surface area (Å²) in [5.74, 6) is 2.34. The molecule has 16 heavy (non-hydrogen) atoms. The average molecular weight is 307 g/mol. The molecule has 0 aliphatic carbocycles. The number of terminal acetylenes is 1. The van der Waals surface area contributed by atoms with Gasteiger partial charge in [-0.05, 0) is 29.8 Å². The Hall–Kier alpha value is -0.910. The van der Waals surface area contributed by atoms with Gasteiger partial charge in [0.25, 0.3) is 10.0 Å². The number of rotatable bonds is 3. The second-order valence-electron chi connectivity index (χ2n) is 3.68. The largest absolute Gasteiger partial charge is 0.261 e. The second-order valence-corrected chi connectivity index (χ2v) is 6.03. The van der Waals surface area contributed by atoms with E-state index in [1.54, 1.807) is 13.8 Å². The molecular formula is C8H11BrN4O2S. The molecule has 0 aliphatic rings. The summed E-state index contributed by atoms with van der Waals surface area (Å²) in [6.45, 7) is 3.17. The highest BCUT2D eigenvalue weighted by Crippen LogP contribution is 2.19. The lowest BCUT2D eigenvalue weighted by Crippen LogP contribution is -2.42. The molecule has 1 aromatic rings. The van der Waals surface area contributed by atoms with Crippen molar-refractivity contribution in [1.29, 1.82) is 0 Å². The number of nitrogens with one attached hydrogen (secondary N) is 1. The fourth-order valence-electron chi connectivity index (χ4n) is 1.02. The van der Waals surface area contributed by atoms with Crippen LogP contribution in [0.1, 0.15) is 13.8 Å². The van der Waals surface area contributed by atoms with Gasteiger partial charge in [-0.25, -0.2) is 13.1 Å². The zero-order chi connectivity index (χ0) is 12.6. The van der Waals surface area contributed by atoms with Gasteiger partial charge in [0.15, 0.2) is 4.60 Å². The molecule has 0 aliphatic heterocycles. The van der Waals surface area contributed by atoms with Crippen LogP contribution in [0.4, 0.5) is 0 Å². The van der Waals surface area contributed by atoms with Crippen LogP contribution in [0.25, 0.3) is 0 Å². The first kappa shape index (κ1) is 13.2. The van der Waals surface area contributed by atoms with Gasteiger partial charge in [-0.1, -0.05) is 11.1 Å². The average Bonchev–Trinajstić information content (AvgIpc) is 2.44. The molecule has 0 fully saturated rings. The monoisotopic (exact) mass is 306 g/mol. The van der Waals surface area contributed by atoms with Crippen LogP contribution in [-0.2, 0) is 17.1 Å². The van der Waals surface area contributed by atoms with Crippen molar-refractivity contribution < 1.29 is 8.42 Å². The third-order valence-electron chi connectivity index (χ3n) is 1.74. The van der Waals surface area contributed by atoms with E-state index in [0.29, 0.717) is 0 Å². The molecule has 1 aromatic heterocycles. The Morgan fingerprint density at radius 1 is 1.56 bits per heavy atom. The molecule has 0 saturated carbocycles. The van der Waals surface area contributed by atoms with Gasteiger partial charge in [-0.2, -0.15) is 4.72 Å². The van der Waals surface area contributed by atoms with Gasteiger partial charge in [0.2, 0.25) is 5.03 Å². The predicted octanol–water partition coefficient (Wildman–Crippen LogP) is 0.268. The lowest BCUT2D eigenvalue weighted by atomic mass is 10.1. The molecule has 0 aromatic carbocycles. The zero-order valence-corrected chi connectivity index (χ0v) is 11.4. The summed E-state index contributed by atoms with van der Waals surface area (Å²) in [6.07, 6.45) is 5.22. The maximum absolute atomic E-state index is 12.0. The molecule has 0 bridgehead atoms. The second kappa shape index (κ2) is 4.16. The van der Waals surface area contributed by atoms with Crippen LogP contribution in [0, 0.1) is 12.3 Å². The number of hydrogen-bond donors (Lipinski definition) is 1. The first-order valence-corrected chi connectivity index (χ1v) is 6.54. The summed E-state index contributed by atoms with van der Waals surface area (Å²) < 4.78 is 27.6. The van der Waals surface area contributed by atoms with E-state index >= 15 is 0 Å². The standard InChI is InChI=1S/C8H11BrN4O2S/c1-5-8(2,3)11-16(14,15)7-6(9)10-12-13(7)4/h1,11H,2-4H3. The Labute approximate surface area is 103 Å². The van der Waals surface area contributed by atoms with Gasteiger partial charge < -0.3 is 0 Å². The third kappa shape index (κ3) is 2.61. The maximum Gasteiger partial charge on any atom is 0.261 e. The van der Waals surface area contributed by atoms with Crippen LogP contribution in [-0.4, -0.2) is 29.0 Å². The highest BCUT2D eigenvalue weighted by atomic mass is 79.9. The topological polar surface area (TPSA) is 76.9 Å². The molecule has 0 spiro atoms. The molecule has 6 nitrogen and oxygen atoms in total. The van der Waals surface area contributed by atoms with Crippen LogP contribution < -0.4 is 4.72 Å². The Morgan fingerprint density at radius 2 is 2.12 bits per heavy atom. The number of halogens is 1. The lowest BCUT2D eigenvalue weighted by molar-refractivity contribution is 0.525. The molecule has 1 N–H and O–H groups in total. The van der Waals surface area contributed by atoms with Crippen LogP contribution in [0.15, 0.2) is 9.63 Å². The van der Waals surface area contributed by atoms with E-state index in [4.69, 9.17) is 6.42 Å². The highest BCUT2D eigenvalue weighted by Gasteiger charge is 2.29. The maximum atomic E-state index is 12.0. The molecule has 88 valence electrons. The fraction of sp³-hybridized carbons (Fsp3) is 0.500. The highest BCUT2D eigenvalue weighted by molar-refractivity contribution is 9.10. The molecule has 1 heterocycles. The van der Waals surface area contributed by atoms with E-state index in [1.165, 1.54) is 7.05 Å². The molecule has 8 heteroatoms. The number of nitrogens with zero attached hydrogens (tertiary/aromatic N) is 3. The molecule has 0 atom stereocenters. The number of aryl methyl sites for hydroxylation is 1. The van der Waals surface area contributed by atoms with Crippen molar-refractivity contribution in [2.24, 2.45) is 7.05 Å². The molecule has 0 unspecified atom stereocenters. The number of sulfonamides is 1. The van der Waals surface area contributed by atoms with Gasteiger partial charge >= 0.3 is 0 Å². The molecule has 0 radical (unpaired) electrons. The predicted molar refractivity (Wildman–Crippen MR) is 61.9 cm³/mol. The van der Waals surface area contributed by atoms with Crippen molar-refractivity contribution in [2.75, 3.05) is 0 Å². The van der Waals surface area contributed by atoms with Crippen LogP contribution >= 0.6 is 15.9 Å². The first-order valence-electron chi connectivity index (χ1n) is 4.26. The quantitative estimate of drug-likeness (QED) is 0.813. The van der Waals surface area contributed by atoms with Crippen LogP contribution in [0.2, 0.25) is 0 Å². The summed E-state index contributed by atoms with van der Waals surface area (Å²) in [5, 5.41) is 7.12. The summed E-state index contributed by atoms with van der Waals surface area (Å²) in [6, 6.07) is 0. The Morgan fingerprint density at radius 3 is 2.50 bits per heavy atom. The Balaban J connectivity index is 3.20. The van der Waals surface area contributed by atoms with E-state index in [0.717, 1.165) is 4.68 Å². The minimum Gasteiger partial charge on any atom is -0.235 e. The van der Waals surface area contributed by atoms with Gasteiger partial charge in [-0.15, -0.1) is 11.5 Å². The summed E-state index contributed by atoms with van der Waals surface area (Å²) in [4.78, 5) is 0. The number of aromatic nitrogens is 3. The van der Waals surface area contributed by atoms with Gasteiger partial charge in [-0.3, -0.25) is 0 Å². The van der Waals surface area contributed by atoms with Crippen molar-refractivity contribution in [3.8, 4) is 12.3 Å². The smallest absolute Gasteiger partial charge is 0.235 e. The number of hydrogen-bond acceptors (Lipinski definition) is 4. The van der Waals surface area contributed by atoms with E-state index in [9.17, 15) is 8.42 Å². The first-order chi connectivity index (χ1) is 7.19. The minimum absolute atomic E-state index is 0.0594. The molecule has 0 amide bonds. The summed E-state index contributed by atoms with van der Waals surface area (Å²) >= 11 is 3.02.